The van der Waals surface area contributed by atoms with Gasteiger partial charge in [-0.2, -0.15) is 0 Å². The lowest BCUT2D eigenvalue weighted by molar-refractivity contribution is -0.120. The Morgan fingerprint density at radius 1 is 1.00 bits per heavy atom. The van der Waals surface area contributed by atoms with Crippen molar-refractivity contribution in [1.82, 2.24) is 15.6 Å². The third kappa shape index (κ3) is 4.68. The first-order chi connectivity index (χ1) is 16.7. The van der Waals surface area contributed by atoms with Crippen molar-refractivity contribution in [2.75, 3.05) is 24.5 Å². The van der Waals surface area contributed by atoms with Crippen LogP contribution >= 0.6 is 0 Å². The summed E-state index contributed by atoms with van der Waals surface area (Å²) in [6.45, 7) is 2.17. The summed E-state index contributed by atoms with van der Waals surface area (Å²) in [6.07, 6.45) is 1.67. The largest absolute Gasteiger partial charge is 0.436 e. The van der Waals surface area contributed by atoms with E-state index in [-0.39, 0.29) is 11.8 Å². The van der Waals surface area contributed by atoms with E-state index < -0.39 is 0 Å². The second-order valence-electron chi connectivity index (χ2n) is 8.06. The number of anilines is 1. The molecule has 1 saturated heterocycles. The smallest absolute Gasteiger partial charge is 0.252 e. The fraction of sp³-hybridized carbons (Fsp3) is 0.148. The molecular weight excluding hydrogens is 428 g/mol. The molecule has 0 aliphatic carbocycles. The molecule has 1 fully saturated rings. The zero-order valence-electron chi connectivity index (χ0n) is 18.5. The summed E-state index contributed by atoms with van der Waals surface area (Å²) in [5.41, 5.74) is 4.03. The van der Waals surface area contributed by atoms with Gasteiger partial charge < -0.3 is 20.0 Å². The quantitative estimate of drug-likeness (QED) is 0.464. The van der Waals surface area contributed by atoms with Crippen LogP contribution in [0, 0.1) is 0 Å². The summed E-state index contributed by atoms with van der Waals surface area (Å²) < 4.78 is 5.96. The molecule has 7 nitrogen and oxygen atoms in total. The lowest BCUT2D eigenvalue weighted by atomic mass is 10.1. The van der Waals surface area contributed by atoms with Crippen LogP contribution in [-0.4, -0.2) is 36.4 Å². The highest BCUT2D eigenvalue weighted by atomic mass is 16.4. The molecule has 0 atom stereocenters. The van der Waals surface area contributed by atoms with Crippen LogP contribution in [0.5, 0.6) is 0 Å². The van der Waals surface area contributed by atoms with Crippen LogP contribution < -0.4 is 15.5 Å². The van der Waals surface area contributed by atoms with Gasteiger partial charge in [-0.3, -0.25) is 9.59 Å². The van der Waals surface area contributed by atoms with Gasteiger partial charge in [0, 0.05) is 36.4 Å². The number of hydrogen-bond donors (Lipinski definition) is 2. The highest BCUT2D eigenvalue weighted by molar-refractivity contribution is 6.00. The van der Waals surface area contributed by atoms with Gasteiger partial charge in [-0.05, 0) is 29.8 Å². The van der Waals surface area contributed by atoms with Crippen LogP contribution in [0.3, 0.4) is 0 Å². The summed E-state index contributed by atoms with van der Waals surface area (Å²) >= 11 is 0. The normalized spacial score (nSPS) is 13.4. The molecule has 0 spiro atoms. The molecule has 1 aliphatic rings. The average Bonchev–Trinajstić information content (AvgIpc) is 3.38. The van der Waals surface area contributed by atoms with Gasteiger partial charge >= 0.3 is 0 Å². The van der Waals surface area contributed by atoms with Crippen molar-refractivity contribution in [1.29, 1.82) is 0 Å². The zero-order chi connectivity index (χ0) is 23.3. The first-order valence-corrected chi connectivity index (χ1v) is 11.2. The average molecular weight is 453 g/mol. The molecule has 2 heterocycles. The molecular formula is C27H24N4O3. The number of hydrogen-bond acceptors (Lipinski definition) is 5. The van der Waals surface area contributed by atoms with Crippen molar-refractivity contribution < 1.29 is 14.0 Å². The van der Waals surface area contributed by atoms with E-state index >= 15 is 0 Å². The van der Waals surface area contributed by atoms with Gasteiger partial charge in [0.25, 0.3) is 5.91 Å². The van der Waals surface area contributed by atoms with E-state index in [9.17, 15) is 9.59 Å². The number of oxazole rings is 1. The molecule has 2 amide bonds. The predicted octanol–water partition coefficient (Wildman–Crippen LogP) is 3.87. The molecule has 5 rings (SSSR count). The van der Waals surface area contributed by atoms with Crippen molar-refractivity contribution in [3.8, 4) is 22.8 Å². The SMILES string of the molecule is O=C1CN(c2ccc(CNC(=O)c3ccccc3-c3ncc(-c4ccccc4)o3)cc2)CCN1. The highest BCUT2D eigenvalue weighted by Crippen LogP contribution is 2.28. The third-order valence-electron chi connectivity index (χ3n) is 5.76. The number of aromatic nitrogens is 1. The van der Waals surface area contributed by atoms with Crippen molar-refractivity contribution in [2.45, 2.75) is 6.54 Å². The number of piperazine rings is 1. The van der Waals surface area contributed by atoms with Gasteiger partial charge in [-0.15, -0.1) is 0 Å². The molecule has 1 aliphatic heterocycles. The van der Waals surface area contributed by atoms with Gasteiger partial charge in [0.15, 0.2) is 5.76 Å². The lowest BCUT2D eigenvalue weighted by Gasteiger charge is -2.28. The van der Waals surface area contributed by atoms with E-state index in [0.29, 0.717) is 42.4 Å². The van der Waals surface area contributed by atoms with E-state index in [2.05, 4.69) is 15.6 Å². The van der Waals surface area contributed by atoms with Crippen molar-refractivity contribution in [3.63, 3.8) is 0 Å². The molecule has 0 bridgehead atoms. The maximum Gasteiger partial charge on any atom is 0.252 e. The van der Waals surface area contributed by atoms with Crippen LogP contribution in [0.1, 0.15) is 15.9 Å². The molecule has 7 heteroatoms. The highest BCUT2D eigenvalue weighted by Gasteiger charge is 2.18. The maximum atomic E-state index is 13.0. The Morgan fingerprint density at radius 2 is 1.76 bits per heavy atom. The molecule has 0 radical (unpaired) electrons. The molecule has 4 aromatic rings. The van der Waals surface area contributed by atoms with Crippen LogP contribution in [0.15, 0.2) is 89.5 Å². The number of carbonyl (C=O) groups is 2. The molecule has 3 aromatic carbocycles. The molecule has 0 unspecified atom stereocenters. The maximum absolute atomic E-state index is 13.0. The number of benzene rings is 3. The van der Waals surface area contributed by atoms with Crippen LogP contribution in [0.2, 0.25) is 0 Å². The fourth-order valence-electron chi connectivity index (χ4n) is 3.96. The summed E-state index contributed by atoms with van der Waals surface area (Å²) in [7, 11) is 0. The molecule has 2 N–H and O–H groups in total. The van der Waals surface area contributed by atoms with Crippen LogP contribution in [-0.2, 0) is 11.3 Å². The minimum Gasteiger partial charge on any atom is -0.436 e. The van der Waals surface area contributed by atoms with Crippen molar-refractivity contribution >= 4 is 17.5 Å². The van der Waals surface area contributed by atoms with E-state index in [0.717, 1.165) is 23.4 Å². The Labute approximate surface area is 197 Å². The monoisotopic (exact) mass is 452 g/mol. The van der Waals surface area contributed by atoms with E-state index in [4.69, 9.17) is 4.42 Å². The number of rotatable bonds is 6. The van der Waals surface area contributed by atoms with E-state index in [1.54, 1.807) is 12.3 Å². The summed E-state index contributed by atoms with van der Waals surface area (Å²) in [5.74, 6) is 0.881. The molecule has 1 aromatic heterocycles. The van der Waals surface area contributed by atoms with Crippen molar-refractivity contribution in [3.05, 3.63) is 96.2 Å². The molecule has 34 heavy (non-hydrogen) atoms. The topological polar surface area (TPSA) is 87.5 Å². The molecule has 0 saturated carbocycles. The lowest BCUT2D eigenvalue weighted by Crippen LogP contribution is -2.47. The zero-order valence-corrected chi connectivity index (χ0v) is 18.5. The minimum absolute atomic E-state index is 0.0307. The Hall–Kier alpha value is -4.39. The number of nitrogens with zero attached hydrogens (tertiary/aromatic N) is 2. The summed E-state index contributed by atoms with van der Waals surface area (Å²) in [6, 6.07) is 24.9. The van der Waals surface area contributed by atoms with Crippen LogP contribution in [0.4, 0.5) is 5.69 Å². The van der Waals surface area contributed by atoms with Gasteiger partial charge in [0.2, 0.25) is 11.8 Å². The second-order valence-corrected chi connectivity index (χ2v) is 8.06. The minimum atomic E-state index is -0.202. The first kappa shape index (κ1) is 21.5. The standard InChI is InChI=1S/C27H24N4O3/c32-25-18-31(15-14-28-25)21-12-10-19(11-13-21)16-29-26(33)22-8-4-5-9-23(22)27-30-17-24(34-27)20-6-2-1-3-7-20/h1-13,17H,14-16,18H2,(H,28,32)(H,29,33). The Morgan fingerprint density at radius 3 is 2.56 bits per heavy atom. The van der Waals surface area contributed by atoms with Gasteiger partial charge in [0.1, 0.15) is 0 Å². The number of amides is 2. The first-order valence-electron chi connectivity index (χ1n) is 11.2. The summed E-state index contributed by atoms with van der Waals surface area (Å²) in [4.78, 5) is 31.1. The van der Waals surface area contributed by atoms with Crippen molar-refractivity contribution in [2.24, 2.45) is 0 Å². The fourth-order valence-corrected chi connectivity index (χ4v) is 3.96. The Kier molecular flexibility index (Phi) is 6.07. The van der Waals surface area contributed by atoms with E-state index in [1.165, 1.54) is 0 Å². The van der Waals surface area contributed by atoms with Gasteiger partial charge in [0.05, 0.1) is 18.3 Å². The van der Waals surface area contributed by atoms with Gasteiger partial charge in [-0.25, -0.2) is 4.98 Å². The predicted molar refractivity (Wildman–Crippen MR) is 130 cm³/mol. The van der Waals surface area contributed by atoms with E-state index in [1.807, 2.05) is 77.7 Å². The Balaban J connectivity index is 1.27. The summed E-state index contributed by atoms with van der Waals surface area (Å²) in [5, 5.41) is 5.81. The number of nitrogens with one attached hydrogen (secondary N) is 2. The second kappa shape index (κ2) is 9.62. The Bertz CT molecular complexity index is 1300. The van der Waals surface area contributed by atoms with Gasteiger partial charge in [-0.1, -0.05) is 54.6 Å². The molecule has 170 valence electrons. The number of carbonyl (C=O) groups excluding carboxylic acids is 2. The third-order valence-corrected chi connectivity index (χ3v) is 5.76. The van der Waals surface area contributed by atoms with Crippen LogP contribution in [0.25, 0.3) is 22.8 Å².